The van der Waals surface area contributed by atoms with E-state index in [1.165, 1.54) is 11.5 Å². The molecule has 3 rings (SSSR count). The minimum atomic E-state index is 0.558. The van der Waals surface area contributed by atoms with Gasteiger partial charge in [-0.3, -0.25) is 4.98 Å². The van der Waals surface area contributed by atoms with E-state index >= 15 is 0 Å². The summed E-state index contributed by atoms with van der Waals surface area (Å²) in [5, 5.41) is 4.45. The molecule has 100 valence electrons. The number of nitrogens with two attached hydrogens (primary N) is 1. The fourth-order valence-corrected chi connectivity index (χ4v) is 2.94. The minimum Gasteiger partial charge on any atom is -0.382 e. The number of nitrogens with zero attached hydrogens (tertiary/aromatic N) is 2. The minimum absolute atomic E-state index is 0.558. The van der Waals surface area contributed by atoms with Crippen LogP contribution in [-0.4, -0.2) is 29.1 Å². The van der Waals surface area contributed by atoms with Crippen LogP contribution in [0.3, 0.4) is 0 Å². The van der Waals surface area contributed by atoms with E-state index in [1.807, 2.05) is 18.3 Å². The van der Waals surface area contributed by atoms with Gasteiger partial charge in [0.2, 0.25) is 0 Å². The molecule has 0 amide bonds. The number of pyridine rings is 1. The summed E-state index contributed by atoms with van der Waals surface area (Å²) in [6.07, 6.45) is 4.68. The van der Waals surface area contributed by atoms with Crippen LogP contribution in [0.15, 0.2) is 24.5 Å². The third-order valence-electron chi connectivity index (χ3n) is 3.24. The molecule has 1 saturated heterocycles. The SMILES string of the molecule is Nc1nsc(NCC2CCOC2)c1-c1cccnc1. The quantitative estimate of drug-likeness (QED) is 0.896. The number of aromatic nitrogens is 2. The molecule has 0 bridgehead atoms. The van der Waals surface area contributed by atoms with E-state index in [0.29, 0.717) is 11.7 Å². The van der Waals surface area contributed by atoms with E-state index in [1.54, 1.807) is 6.20 Å². The molecule has 3 heterocycles. The van der Waals surface area contributed by atoms with Crippen molar-refractivity contribution in [3.05, 3.63) is 24.5 Å². The van der Waals surface area contributed by atoms with E-state index in [4.69, 9.17) is 10.5 Å². The molecule has 1 atom stereocenters. The Kier molecular flexibility index (Phi) is 3.61. The Morgan fingerprint density at radius 2 is 2.47 bits per heavy atom. The van der Waals surface area contributed by atoms with Gasteiger partial charge >= 0.3 is 0 Å². The standard InChI is InChI=1S/C13H16N4OS/c14-12-11(10-2-1-4-15-7-10)13(19-17-12)16-6-9-3-5-18-8-9/h1-2,4,7,9,16H,3,5-6,8H2,(H2,14,17). The molecule has 5 nitrogen and oxygen atoms in total. The third kappa shape index (κ3) is 2.69. The second kappa shape index (κ2) is 5.54. The van der Waals surface area contributed by atoms with Crippen molar-refractivity contribution in [2.24, 2.45) is 5.92 Å². The summed E-state index contributed by atoms with van der Waals surface area (Å²) >= 11 is 1.40. The molecule has 0 spiro atoms. The molecule has 0 aromatic carbocycles. The summed E-state index contributed by atoms with van der Waals surface area (Å²) < 4.78 is 9.61. The van der Waals surface area contributed by atoms with Crippen molar-refractivity contribution in [1.82, 2.24) is 9.36 Å². The van der Waals surface area contributed by atoms with Crippen molar-refractivity contribution in [1.29, 1.82) is 0 Å². The normalized spacial score (nSPS) is 18.6. The van der Waals surface area contributed by atoms with E-state index < -0.39 is 0 Å². The van der Waals surface area contributed by atoms with Gasteiger partial charge in [-0.1, -0.05) is 6.07 Å². The predicted octanol–water partition coefficient (Wildman–Crippen LogP) is 2.24. The van der Waals surface area contributed by atoms with Crippen molar-refractivity contribution < 1.29 is 4.74 Å². The molecular formula is C13H16N4OS. The molecule has 1 aliphatic rings. The molecule has 2 aromatic heterocycles. The molecule has 1 unspecified atom stereocenters. The van der Waals surface area contributed by atoms with Gasteiger partial charge in [-0.05, 0) is 24.0 Å². The van der Waals surface area contributed by atoms with Crippen molar-refractivity contribution in [2.75, 3.05) is 30.8 Å². The van der Waals surface area contributed by atoms with Gasteiger partial charge in [0.15, 0.2) is 0 Å². The van der Waals surface area contributed by atoms with Crippen LogP contribution in [0.1, 0.15) is 6.42 Å². The third-order valence-corrected chi connectivity index (χ3v) is 4.06. The Bertz CT molecular complexity index is 537. The van der Waals surface area contributed by atoms with Crippen LogP contribution in [0.4, 0.5) is 10.8 Å². The van der Waals surface area contributed by atoms with Crippen LogP contribution >= 0.6 is 11.5 Å². The van der Waals surface area contributed by atoms with Crippen LogP contribution in [-0.2, 0) is 4.74 Å². The predicted molar refractivity (Wildman–Crippen MR) is 77.2 cm³/mol. The van der Waals surface area contributed by atoms with Gasteiger partial charge in [0.1, 0.15) is 10.8 Å². The van der Waals surface area contributed by atoms with Crippen LogP contribution in [0.25, 0.3) is 11.1 Å². The molecule has 0 saturated carbocycles. The lowest BCUT2D eigenvalue weighted by molar-refractivity contribution is 0.187. The molecular weight excluding hydrogens is 260 g/mol. The van der Waals surface area contributed by atoms with Crippen LogP contribution in [0.5, 0.6) is 0 Å². The highest BCUT2D eigenvalue weighted by molar-refractivity contribution is 7.11. The second-order valence-corrected chi connectivity index (χ2v) is 5.40. The summed E-state index contributed by atoms with van der Waals surface area (Å²) in [4.78, 5) is 4.13. The molecule has 3 N–H and O–H groups in total. The highest BCUT2D eigenvalue weighted by Crippen LogP contribution is 2.36. The zero-order valence-electron chi connectivity index (χ0n) is 10.5. The average Bonchev–Trinajstić information content (AvgIpc) is 3.07. The topological polar surface area (TPSA) is 73.1 Å². The van der Waals surface area contributed by atoms with Gasteiger partial charge in [0.05, 0.1) is 12.2 Å². The Morgan fingerprint density at radius 1 is 1.53 bits per heavy atom. The molecule has 0 radical (unpaired) electrons. The van der Waals surface area contributed by atoms with Gasteiger partial charge in [0.25, 0.3) is 0 Å². The Morgan fingerprint density at radius 3 is 3.21 bits per heavy atom. The van der Waals surface area contributed by atoms with Crippen LogP contribution < -0.4 is 11.1 Å². The Hall–Kier alpha value is -1.66. The molecule has 1 aliphatic heterocycles. The monoisotopic (exact) mass is 276 g/mol. The van der Waals surface area contributed by atoms with Crippen molar-refractivity contribution in [2.45, 2.75) is 6.42 Å². The largest absolute Gasteiger partial charge is 0.382 e. The van der Waals surface area contributed by atoms with Gasteiger partial charge < -0.3 is 15.8 Å². The summed E-state index contributed by atoms with van der Waals surface area (Å²) in [7, 11) is 0. The first kappa shape index (κ1) is 12.4. The van der Waals surface area contributed by atoms with Crippen LogP contribution in [0, 0.1) is 5.92 Å². The lowest BCUT2D eigenvalue weighted by Gasteiger charge is -2.10. The van der Waals surface area contributed by atoms with Gasteiger partial charge in [-0.2, -0.15) is 4.37 Å². The molecule has 0 aliphatic carbocycles. The van der Waals surface area contributed by atoms with Crippen molar-refractivity contribution in [3.8, 4) is 11.1 Å². The molecule has 2 aromatic rings. The first-order chi connectivity index (χ1) is 9.34. The summed E-state index contributed by atoms with van der Waals surface area (Å²) in [6.45, 7) is 2.60. The highest BCUT2D eigenvalue weighted by atomic mass is 32.1. The number of hydrogen-bond donors (Lipinski definition) is 2. The first-order valence-corrected chi connectivity index (χ1v) is 7.09. The highest BCUT2D eigenvalue weighted by Gasteiger charge is 2.18. The van der Waals surface area contributed by atoms with Gasteiger partial charge in [-0.25, -0.2) is 0 Å². The average molecular weight is 276 g/mol. The first-order valence-electron chi connectivity index (χ1n) is 6.32. The number of nitrogens with one attached hydrogen (secondary N) is 1. The lowest BCUT2D eigenvalue weighted by Crippen LogP contribution is -2.13. The van der Waals surface area contributed by atoms with Gasteiger partial charge in [0, 0.05) is 37.0 Å². The second-order valence-electron chi connectivity index (χ2n) is 4.62. The fraction of sp³-hybridized carbons (Fsp3) is 0.385. The smallest absolute Gasteiger partial charge is 0.147 e. The number of anilines is 2. The van der Waals surface area contributed by atoms with Crippen molar-refractivity contribution in [3.63, 3.8) is 0 Å². The van der Waals surface area contributed by atoms with Crippen molar-refractivity contribution >= 4 is 22.4 Å². The van der Waals surface area contributed by atoms with E-state index in [2.05, 4.69) is 14.7 Å². The lowest BCUT2D eigenvalue weighted by atomic mass is 10.1. The summed E-state index contributed by atoms with van der Waals surface area (Å²) in [6, 6.07) is 3.90. The molecule has 1 fully saturated rings. The number of ether oxygens (including phenoxy) is 1. The van der Waals surface area contributed by atoms with E-state index in [9.17, 15) is 0 Å². The van der Waals surface area contributed by atoms with E-state index in [0.717, 1.165) is 42.3 Å². The number of rotatable bonds is 4. The number of nitrogen functional groups attached to an aromatic ring is 1. The Labute approximate surface area is 116 Å². The zero-order valence-corrected chi connectivity index (χ0v) is 11.3. The summed E-state index contributed by atoms with van der Waals surface area (Å²) in [5.74, 6) is 1.13. The maximum absolute atomic E-state index is 5.96. The Balaban J connectivity index is 1.78. The maximum Gasteiger partial charge on any atom is 0.147 e. The molecule has 19 heavy (non-hydrogen) atoms. The number of hydrogen-bond acceptors (Lipinski definition) is 6. The maximum atomic E-state index is 5.96. The molecule has 6 heteroatoms. The summed E-state index contributed by atoms with van der Waals surface area (Å²) in [5.41, 5.74) is 7.92. The van der Waals surface area contributed by atoms with Crippen LogP contribution in [0.2, 0.25) is 0 Å². The van der Waals surface area contributed by atoms with Gasteiger partial charge in [-0.15, -0.1) is 0 Å². The fourth-order valence-electron chi connectivity index (χ4n) is 2.19. The zero-order chi connectivity index (χ0) is 13.1. The van der Waals surface area contributed by atoms with E-state index in [-0.39, 0.29) is 0 Å².